The van der Waals surface area contributed by atoms with Crippen LogP contribution in [0.2, 0.25) is 0 Å². The summed E-state index contributed by atoms with van der Waals surface area (Å²) in [5.74, 6) is -0.758. The van der Waals surface area contributed by atoms with Crippen LogP contribution >= 0.6 is 21.1 Å². The average molecular weight is 227 g/mol. The van der Waals surface area contributed by atoms with Crippen LogP contribution in [0.3, 0.4) is 0 Å². The van der Waals surface area contributed by atoms with E-state index in [-0.39, 0.29) is 0 Å². The highest BCUT2D eigenvalue weighted by Gasteiger charge is 2.23. The van der Waals surface area contributed by atoms with Crippen molar-refractivity contribution in [1.29, 1.82) is 0 Å². The van der Waals surface area contributed by atoms with Crippen LogP contribution in [0.25, 0.3) is 0 Å². The highest BCUT2D eigenvalue weighted by molar-refractivity contribution is 7.76. The number of aliphatic carboxylic acids is 1. The van der Waals surface area contributed by atoms with Gasteiger partial charge in [0.15, 0.2) is 6.04 Å². The summed E-state index contributed by atoms with van der Waals surface area (Å²) in [6.45, 7) is 0. The molecule has 0 spiro atoms. The summed E-state index contributed by atoms with van der Waals surface area (Å²) in [6, 6.07) is 9.28. The monoisotopic (exact) mass is 227 g/mol. The molecule has 0 aliphatic heterocycles. The first-order valence-electron chi connectivity index (χ1n) is 4.18. The van der Waals surface area contributed by atoms with Crippen molar-refractivity contribution in [2.24, 2.45) is 0 Å². The Hall–Kier alpha value is -1.07. The van der Waals surface area contributed by atoms with Gasteiger partial charge in [0.2, 0.25) is 0 Å². The van der Waals surface area contributed by atoms with Gasteiger partial charge in [-0.25, -0.2) is 8.14 Å². The van der Waals surface area contributed by atoms with Crippen LogP contribution < -0.4 is 0 Å². The molecule has 1 atom stereocenters. The standard InChI is InChI=1S/C9H9NO2S2/c11-9(12)8(10-13-14-10)6-7-4-2-1-3-5-7/h1-5,8H,6H2,(H,11,12). The molecule has 1 heterocycles. The Balaban J connectivity index is 2.10. The van der Waals surface area contributed by atoms with Gasteiger partial charge in [-0.1, -0.05) is 30.3 Å². The number of hydrogen-bond donors (Lipinski definition) is 1. The number of benzene rings is 1. The maximum Gasteiger partial charge on any atom is 0.329 e. The van der Waals surface area contributed by atoms with Crippen LogP contribution in [-0.4, -0.2) is 14.4 Å². The van der Waals surface area contributed by atoms with Crippen LogP contribution in [0.5, 0.6) is 0 Å². The maximum absolute atomic E-state index is 10.9. The van der Waals surface area contributed by atoms with Crippen LogP contribution in [0.15, 0.2) is 30.3 Å². The van der Waals surface area contributed by atoms with E-state index in [2.05, 4.69) is 0 Å². The van der Waals surface area contributed by atoms with E-state index < -0.39 is 12.0 Å². The van der Waals surface area contributed by atoms with Crippen molar-refractivity contribution >= 4 is 27.0 Å². The van der Waals surface area contributed by atoms with Gasteiger partial charge in [-0.05, 0) is 5.56 Å². The first kappa shape index (κ1) is 9.48. The molecule has 0 radical (unpaired) electrons. The highest BCUT2D eigenvalue weighted by atomic mass is 33.0. The summed E-state index contributed by atoms with van der Waals surface area (Å²) < 4.78 is 1.80. The number of hydrogen-bond acceptors (Lipinski definition) is 3. The lowest BCUT2D eigenvalue weighted by molar-refractivity contribution is -0.140. The molecule has 74 valence electrons. The molecule has 1 N–H and O–H groups in total. The van der Waals surface area contributed by atoms with Crippen molar-refractivity contribution in [1.82, 2.24) is 3.35 Å². The fourth-order valence-electron chi connectivity index (χ4n) is 1.21. The lowest BCUT2D eigenvalue weighted by Gasteiger charge is -2.07. The molecular formula is C9H9NO2S2. The van der Waals surface area contributed by atoms with Gasteiger partial charge >= 0.3 is 5.97 Å². The lowest BCUT2D eigenvalue weighted by atomic mass is 10.1. The zero-order valence-electron chi connectivity index (χ0n) is 7.29. The second-order valence-corrected chi connectivity index (χ2v) is 5.19. The third-order valence-electron chi connectivity index (χ3n) is 1.97. The molecule has 1 aromatic carbocycles. The van der Waals surface area contributed by atoms with E-state index in [0.717, 1.165) is 5.56 Å². The average Bonchev–Trinajstić information content (AvgIpc) is 2.99. The summed E-state index contributed by atoms with van der Waals surface area (Å²) in [5, 5.41) is 8.98. The van der Waals surface area contributed by atoms with Gasteiger partial charge in [0.05, 0.1) is 0 Å². The van der Waals surface area contributed by atoms with Gasteiger partial charge in [0, 0.05) is 27.5 Å². The van der Waals surface area contributed by atoms with Crippen molar-refractivity contribution in [3.8, 4) is 0 Å². The molecule has 0 bridgehead atoms. The Morgan fingerprint density at radius 3 is 2.50 bits per heavy atom. The molecule has 5 heteroatoms. The number of carboxylic acid groups (broad SMARTS) is 1. The molecule has 0 aliphatic carbocycles. The van der Waals surface area contributed by atoms with Crippen molar-refractivity contribution in [3.63, 3.8) is 0 Å². The minimum atomic E-state index is -0.758. The topological polar surface area (TPSA) is 42.2 Å². The highest BCUT2D eigenvalue weighted by Crippen LogP contribution is 2.28. The Bertz CT molecular complexity index is 393. The number of aromatic nitrogens is 1. The van der Waals surface area contributed by atoms with Crippen LogP contribution in [-0.2, 0) is 11.2 Å². The van der Waals surface area contributed by atoms with E-state index >= 15 is 0 Å². The second kappa shape index (κ2) is 3.98. The normalized spacial score (nSPS) is 12.9. The van der Waals surface area contributed by atoms with Gasteiger partial charge in [0.1, 0.15) is 0 Å². The molecule has 0 saturated carbocycles. The summed E-state index contributed by atoms with van der Waals surface area (Å²) in [7, 11) is 2.99. The second-order valence-electron chi connectivity index (χ2n) is 2.98. The minimum absolute atomic E-state index is 0.410. The zero-order valence-corrected chi connectivity index (χ0v) is 8.92. The quantitative estimate of drug-likeness (QED) is 0.815. The Labute approximate surface area is 88.9 Å². The first-order chi connectivity index (χ1) is 6.77. The summed E-state index contributed by atoms with van der Waals surface area (Å²) >= 11 is 0. The van der Waals surface area contributed by atoms with Gasteiger partial charge in [-0.3, -0.25) is 0 Å². The largest absolute Gasteiger partial charge is 0.480 e. The summed E-state index contributed by atoms with van der Waals surface area (Å²) in [6.07, 6.45) is 0.566. The fraction of sp³-hybridized carbons (Fsp3) is 0.222. The Morgan fingerprint density at radius 1 is 1.36 bits per heavy atom. The number of nitrogens with zero attached hydrogens (tertiary/aromatic N) is 1. The maximum atomic E-state index is 10.9. The van der Waals surface area contributed by atoms with E-state index in [1.807, 2.05) is 30.3 Å². The molecule has 0 amide bonds. The first-order valence-corrected chi connectivity index (χ1v) is 6.24. The zero-order chi connectivity index (χ0) is 9.97. The molecule has 1 unspecified atom stereocenters. The van der Waals surface area contributed by atoms with Crippen molar-refractivity contribution in [2.75, 3.05) is 0 Å². The van der Waals surface area contributed by atoms with Gasteiger partial charge < -0.3 is 5.11 Å². The minimum Gasteiger partial charge on any atom is -0.480 e. The number of carboxylic acids is 1. The number of rotatable bonds is 4. The predicted molar refractivity (Wildman–Crippen MR) is 57.0 cm³/mol. The summed E-state index contributed by atoms with van der Waals surface area (Å²) in [5.41, 5.74) is 1.06. The SMILES string of the molecule is O=C(O)C(Cc1ccccc1)n1ss1. The third kappa shape index (κ3) is 2.24. The third-order valence-corrected chi connectivity index (χ3v) is 3.77. The molecule has 0 fully saturated rings. The van der Waals surface area contributed by atoms with E-state index in [0.29, 0.717) is 6.42 Å². The van der Waals surface area contributed by atoms with Crippen molar-refractivity contribution in [3.05, 3.63) is 35.9 Å². The molecule has 0 saturated heterocycles. The van der Waals surface area contributed by atoms with Crippen molar-refractivity contribution in [2.45, 2.75) is 12.5 Å². The number of carbonyl (C=O) groups is 1. The molecule has 1 aromatic heterocycles. The summed E-state index contributed by atoms with van der Waals surface area (Å²) in [4.78, 5) is 10.9. The molecule has 14 heavy (non-hydrogen) atoms. The van der Waals surface area contributed by atoms with E-state index in [4.69, 9.17) is 5.11 Å². The van der Waals surface area contributed by atoms with Gasteiger partial charge in [0.25, 0.3) is 0 Å². The van der Waals surface area contributed by atoms with Crippen LogP contribution in [0.4, 0.5) is 0 Å². The Morgan fingerprint density at radius 2 is 2.00 bits per heavy atom. The molecule has 0 aliphatic rings. The van der Waals surface area contributed by atoms with Crippen LogP contribution in [0.1, 0.15) is 11.6 Å². The molecular weight excluding hydrogens is 218 g/mol. The lowest BCUT2D eigenvalue weighted by Crippen LogP contribution is -2.15. The predicted octanol–water partition coefficient (Wildman–Crippen LogP) is 2.48. The Kier molecular flexibility index (Phi) is 2.69. The molecule has 3 nitrogen and oxygen atoms in total. The van der Waals surface area contributed by atoms with E-state index in [9.17, 15) is 4.79 Å². The molecule has 2 aromatic rings. The van der Waals surface area contributed by atoms with E-state index in [1.165, 1.54) is 21.1 Å². The van der Waals surface area contributed by atoms with Crippen LogP contribution in [0, 0.1) is 0 Å². The van der Waals surface area contributed by atoms with E-state index in [1.54, 1.807) is 3.35 Å². The fourth-order valence-corrected chi connectivity index (χ4v) is 2.53. The van der Waals surface area contributed by atoms with Gasteiger partial charge in [-0.15, -0.1) is 0 Å². The smallest absolute Gasteiger partial charge is 0.329 e. The van der Waals surface area contributed by atoms with Crippen molar-refractivity contribution < 1.29 is 9.90 Å². The molecule has 2 rings (SSSR count). The van der Waals surface area contributed by atoms with Gasteiger partial charge in [-0.2, -0.15) is 0 Å².